The number of nitrogens with zero attached hydrogens (tertiary/aromatic N) is 1. The monoisotopic (exact) mass is 369 g/mol. The maximum atomic E-state index is 12.0. The van der Waals surface area contributed by atoms with E-state index in [2.05, 4.69) is 10.6 Å². The second kappa shape index (κ2) is 9.43. The number of carbonyl (C=O) groups is 1. The highest BCUT2D eigenvalue weighted by Gasteiger charge is 2.11. The fourth-order valence-electron chi connectivity index (χ4n) is 2.33. The first kappa shape index (κ1) is 19.3. The topological polar surface area (TPSA) is 84.3 Å². The molecule has 1 atom stereocenters. The van der Waals surface area contributed by atoms with Crippen molar-refractivity contribution in [3.05, 3.63) is 81.9 Å². The summed E-state index contributed by atoms with van der Waals surface area (Å²) >= 11 is 5.20. The third-order valence-corrected chi connectivity index (χ3v) is 3.90. The van der Waals surface area contributed by atoms with Gasteiger partial charge in [-0.05, 0) is 48.0 Å². The summed E-state index contributed by atoms with van der Waals surface area (Å²) < 4.78 is 0. The number of carbonyl (C=O) groups excluding carboxylic acids is 1. The van der Waals surface area contributed by atoms with Gasteiger partial charge >= 0.3 is 0 Å². The number of nitrogens with one attached hydrogen (secondary N) is 2. The van der Waals surface area contributed by atoms with Gasteiger partial charge in [0, 0.05) is 18.2 Å². The number of non-ortho nitro benzene ring substituents is 1. The van der Waals surface area contributed by atoms with E-state index in [0.29, 0.717) is 5.56 Å². The largest absolute Gasteiger partial charge is 0.356 e. The molecule has 0 aliphatic rings. The van der Waals surface area contributed by atoms with Gasteiger partial charge in [0.2, 0.25) is 5.91 Å². The zero-order valence-electron chi connectivity index (χ0n) is 14.2. The van der Waals surface area contributed by atoms with Crippen LogP contribution in [0.25, 0.3) is 6.08 Å². The van der Waals surface area contributed by atoms with Crippen LogP contribution >= 0.6 is 12.2 Å². The van der Waals surface area contributed by atoms with Crippen molar-refractivity contribution in [1.82, 2.24) is 10.6 Å². The van der Waals surface area contributed by atoms with Gasteiger partial charge in [-0.2, -0.15) is 0 Å². The van der Waals surface area contributed by atoms with Crippen LogP contribution in [-0.4, -0.2) is 15.9 Å². The second-order valence-corrected chi connectivity index (χ2v) is 5.92. The number of rotatable bonds is 6. The first-order valence-electron chi connectivity index (χ1n) is 8.08. The minimum Gasteiger partial charge on any atom is -0.356 e. The Balaban J connectivity index is 1.90. The van der Waals surface area contributed by atoms with Gasteiger partial charge in [0.25, 0.3) is 5.69 Å². The number of nitro groups is 1. The minimum atomic E-state index is -0.471. The third-order valence-electron chi connectivity index (χ3n) is 3.68. The lowest BCUT2D eigenvalue weighted by Crippen LogP contribution is -2.40. The van der Waals surface area contributed by atoms with E-state index < -0.39 is 4.92 Å². The van der Waals surface area contributed by atoms with Crippen molar-refractivity contribution in [2.24, 2.45) is 0 Å². The number of hydrogen-bond donors (Lipinski definition) is 2. The first-order valence-corrected chi connectivity index (χ1v) is 8.49. The fourth-order valence-corrected chi connectivity index (χ4v) is 2.58. The molecule has 0 saturated carbocycles. The predicted octanol–water partition coefficient (Wildman–Crippen LogP) is 3.75. The first-order chi connectivity index (χ1) is 12.5. The van der Waals surface area contributed by atoms with Crippen molar-refractivity contribution in [1.29, 1.82) is 0 Å². The van der Waals surface area contributed by atoms with E-state index in [9.17, 15) is 14.9 Å². The van der Waals surface area contributed by atoms with Crippen LogP contribution < -0.4 is 10.6 Å². The second-order valence-electron chi connectivity index (χ2n) is 5.52. The maximum absolute atomic E-state index is 12.0. The lowest BCUT2D eigenvalue weighted by Gasteiger charge is -2.19. The molecule has 26 heavy (non-hydrogen) atoms. The van der Waals surface area contributed by atoms with E-state index in [0.717, 1.165) is 12.0 Å². The van der Waals surface area contributed by atoms with E-state index in [1.54, 1.807) is 18.2 Å². The molecule has 0 spiro atoms. The van der Waals surface area contributed by atoms with Gasteiger partial charge in [-0.3, -0.25) is 20.2 Å². The predicted molar refractivity (Wildman–Crippen MR) is 105 cm³/mol. The molecule has 0 heterocycles. The molecule has 1 amide bonds. The summed E-state index contributed by atoms with van der Waals surface area (Å²) in [5.74, 6) is -0.372. The number of hydrogen-bond acceptors (Lipinski definition) is 4. The van der Waals surface area contributed by atoms with Gasteiger partial charge in [-0.25, -0.2) is 0 Å². The molecule has 2 rings (SSSR count). The Hall–Kier alpha value is -3.06. The highest BCUT2D eigenvalue weighted by molar-refractivity contribution is 7.80. The summed E-state index contributed by atoms with van der Waals surface area (Å²) in [6, 6.07) is 15.8. The molecule has 0 aliphatic carbocycles. The number of thiocarbonyl (C=S) groups is 1. The summed E-state index contributed by atoms with van der Waals surface area (Å²) in [6.45, 7) is 2.03. The van der Waals surface area contributed by atoms with Crippen molar-refractivity contribution in [3.63, 3.8) is 0 Å². The Morgan fingerprint density at radius 2 is 1.85 bits per heavy atom. The standard InChI is InChI=1S/C19H19N3O3S/c1-2-17(15-6-4-3-5-7-15)20-19(26)21-18(23)13-10-14-8-11-16(12-9-14)22(24)25/h3-13,17H,2H2,1H3,(H2,20,21,23,26)/b13-10+. The van der Waals surface area contributed by atoms with Gasteiger partial charge in [-0.1, -0.05) is 37.3 Å². The SMILES string of the molecule is CCC(NC(=S)NC(=O)/C=C/c1ccc([N+](=O)[O-])cc1)c1ccccc1. The van der Waals surface area contributed by atoms with Gasteiger partial charge < -0.3 is 5.32 Å². The number of benzene rings is 2. The van der Waals surface area contributed by atoms with Gasteiger partial charge in [0.15, 0.2) is 5.11 Å². The van der Waals surface area contributed by atoms with E-state index >= 15 is 0 Å². The zero-order chi connectivity index (χ0) is 18.9. The Labute approximate surface area is 157 Å². The molecule has 0 aromatic heterocycles. The Bertz CT molecular complexity index is 805. The van der Waals surface area contributed by atoms with E-state index in [1.807, 2.05) is 37.3 Å². The van der Waals surface area contributed by atoms with Crippen molar-refractivity contribution in [3.8, 4) is 0 Å². The van der Waals surface area contributed by atoms with Crippen LogP contribution in [0, 0.1) is 10.1 Å². The molecule has 0 aliphatic heterocycles. The van der Waals surface area contributed by atoms with Crippen LogP contribution in [0.15, 0.2) is 60.7 Å². The van der Waals surface area contributed by atoms with E-state index in [4.69, 9.17) is 12.2 Å². The summed E-state index contributed by atoms with van der Waals surface area (Å²) in [4.78, 5) is 22.1. The summed E-state index contributed by atoms with van der Waals surface area (Å²) in [5.41, 5.74) is 1.77. The molecular weight excluding hydrogens is 350 g/mol. The lowest BCUT2D eigenvalue weighted by molar-refractivity contribution is -0.384. The quantitative estimate of drug-likeness (QED) is 0.351. The molecule has 7 heteroatoms. The van der Waals surface area contributed by atoms with Crippen molar-refractivity contribution in [2.45, 2.75) is 19.4 Å². The molecule has 0 bridgehead atoms. The Morgan fingerprint density at radius 3 is 2.42 bits per heavy atom. The van der Waals surface area contributed by atoms with Crippen LogP contribution in [0.5, 0.6) is 0 Å². The Morgan fingerprint density at radius 1 is 1.19 bits per heavy atom. The van der Waals surface area contributed by atoms with Crippen LogP contribution in [-0.2, 0) is 4.79 Å². The van der Waals surface area contributed by atoms with Crippen molar-refractivity contribution < 1.29 is 9.72 Å². The molecule has 0 radical (unpaired) electrons. The van der Waals surface area contributed by atoms with Crippen molar-refractivity contribution in [2.75, 3.05) is 0 Å². The number of nitro benzene ring substituents is 1. The van der Waals surface area contributed by atoms with Gasteiger partial charge in [0.1, 0.15) is 0 Å². The molecule has 2 aromatic rings. The fraction of sp³-hybridized carbons (Fsp3) is 0.158. The highest BCUT2D eigenvalue weighted by atomic mass is 32.1. The normalized spacial score (nSPS) is 11.7. The summed E-state index contributed by atoms with van der Waals surface area (Å²) in [5, 5.41) is 16.6. The molecule has 1 unspecified atom stereocenters. The lowest BCUT2D eigenvalue weighted by atomic mass is 10.1. The molecule has 0 saturated heterocycles. The highest BCUT2D eigenvalue weighted by Crippen LogP contribution is 2.15. The average molecular weight is 369 g/mol. The molecule has 2 N–H and O–H groups in total. The molecule has 0 fully saturated rings. The van der Waals surface area contributed by atoms with Crippen molar-refractivity contribution >= 4 is 35.0 Å². The van der Waals surface area contributed by atoms with Crippen LogP contribution in [0.2, 0.25) is 0 Å². The minimum absolute atomic E-state index is 0.00324. The summed E-state index contributed by atoms with van der Waals surface area (Å²) in [7, 11) is 0. The summed E-state index contributed by atoms with van der Waals surface area (Å²) in [6.07, 6.45) is 3.72. The molecule has 2 aromatic carbocycles. The Kier molecular flexibility index (Phi) is 6.99. The van der Waals surface area contributed by atoms with E-state index in [-0.39, 0.29) is 22.7 Å². The zero-order valence-corrected chi connectivity index (χ0v) is 15.0. The molecular formula is C19H19N3O3S. The van der Waals surface area contributed by atoms with Crippen LogP contribution in [0.3, 0.4) is 0 Å². The third kappa shape index (κ3) is 5.78. The smallest absolute Gasteiger partial charge is 0.269 e. The van der Waals surface area contributed by atoms with Gasteiger partial charge in [-0.15, -0.1) is 0 Å². The average Bonchev–Trinajstić information content (AvgIpc) is 2.65. The van der Waals surface area contributed by atoms with Crippen LogP contribution in [0.4, 0.5) is 5.69 Å². The molecule has 134 valence electrons. The van der Waals surface area contributed by atoms with E-state index in [1.165, 1.54) is 18.2 Å². The molecule has 6 nitrogen and oxygen atoms in total. The number of amides is 1. The van der Waals surface area contributed by atoms with Crippen LogP contribution in [0.1, 0.15) is 30.5 Å². The van der Waals surface area contributed by atoms with Gasteiger partial charge in [0.05, 0.1) is 11.0 Å². The maximum Gasteiger partial charge on any atom is 0.269 e.